The minimum absolute atomic E-state index is 0. The Morgan fingerprint density at radius 2 is 1.89 bits per heavy atom. The molecule has 1 aromatic carbocycles. The zero-order valence-electron chi connectivity index (χ0n) is 10.2. The second-order valence-corrected chi connectivity index (χ2v) is 4.23. The van der Waals surface area contributed by atoms with E-state index in [4.69, 9.17) is 10.5 Å². The van der Waals surface area contributed by atoms with Crippen LogP contribution in [0.15, 0.2) is 30.3 Å². The van der Waals surface area contributed by atoms with Crippen LogP contribution in [-0.2, 0) is 16.0 Å². The van der Waals surface area contributed by atoms with Crippen molar-refractivity contribution in [1.29, 1.82) is 0 Å². The van der Waals surface area contributed by atoms with E-state index in [-0.39, 0.29) is 18.3 Å². The van der Waals surface area contributed by atoms with Crippen molar-refractivity contribution in [1.82, 2.24) is 4.90 Å². The third kappa shape index (κ3) is 3.98. The van der Waals surface area contributed by atoms with Crippen LogP contribution in [0.2, 0.25) is 0 Å². The summed E-state index contributed by atoms with van der Waals surface area (Å²) in [5, 5.41) is 0. The molecule has 18 heavy (non-hydrogen) atoms. The van der Waals surface area contributed by atoms with Gasteiger partial charge in [0.2, 0.25) is 5.91 Å². The van der Waals surface area contributed by atoms with Crippen LogP contribution in [0, 0.1) is 0 Å². The van der Waals surface area contributed by atoms with Crippen molar-refractivity contribution in [3.63, 3.8) is 0 Å². The van der Waals surface area contributed by atoms with E-state index in [1.54, 1.807) is 4.90 Å². The van der Waals surface area contributed by atoms with Crippen molar-refractivity contribution in [2.24, 2.45) is 5.73 Å². The van der Waals surface area contributed by atoms with E-state index >= 15 is 0 Å². The maximum atomic E-state index is 12.0. The highest BCUT2D eigenvalue weighted by Gasteiger charge is 2.22. The van der Waals surface area contributed by atoms with Gasteiger partial charge in [-0.1, -0.05) is 30.3 Å². The van der Waals surface area contributed by atoms with Crippen molar-refractivity contribution < 1.29 is 9.53 Å². The molecule has 2 N–H and O–H groups in total. The number of rotatable bonds is 3. The number of nitrogens with zero attached hydrogens (tertiary/aromatic N) is 1. The van der Waals surface area contributed by atoms with Crippen molar-refractivity contribution in [2.75, 3.05) is 26.3 Å². The Labute approximate surface area is 114 Å². The first-order chi connectivity index (χ1) is 8.27. The topological polar surface area (TPSA) is 55.6 Å². The number of morpholine rings is 1. The third-order valence-corrected chi connectivity index (χ3v) is 2.94. The SMILES string of the molecule is Cl.N[C@@H](Cc1ccccc1)C(=O)N1CCOCC1. The molecule has 0 spiro atoms. The van der Waals surface area contributed by atoms with Gasteiger partial charge in [-0.15, -0.1) is 12.4 Å². The van der Waals surface area contributed by atoms with Gasteiger partial charge in [0.15, 0.2) is 0 Å². The summed E-state index contributed by atoms with van der Waals surface area (Å²) in [5.74, 6) is 0.0251. The Bertz CT molecular complexity index is 367. The van der Waals surface area contributed by atoms with Crippen LogP contribution in [0.4, 0.5) is 0 Å². The van der Waals surface area contributed by atoms with Crippen molar-refractivity contribution in [3.05, 3.63) is 35.9 Å². The summed E-state index contributed by atoms with van der Waals surface area (Å²) in [4.78, 5) is 13.8. The number of ether oxygens (including phenoxy) is 1. The number of benzene rings is 1. The number of nitrogens with two attached hydrogens (primary N) is 1. The fourth-order valence-corrected chi connectivity index (χ4v) is 1.97. The van der Waals surface area contributed by atoms with Crippen LogP contribution in [0.1, 0.15) is 5.56 Å². The summed E-state index contributed by atoms with van der Waals surface area (Å²) in [6.07, 6.45) is 0.594. The van der Waals surface area contributed by atoms with E-state index in [0.29, 0.717) is 32.7 Å². The molecule has 100 valence electrons. The number of carbonyl (C=O) groups excluding carboxylic acids is 1. The van der Waals surface area contributed by atoms with Crippen LogP contribution in [-0.4, -0.2) is 43.2 Å². The first-order valence-corrected chi connectivity index (χ1v) is 5.93. The maximum Gasteiger partial charge on any atom is 0.239 e. The van der Waals surface area contributed by atoms with Gasteiger partial charge in [-0.05, 0) is 12.0 Å². The van der Waals surface area contributed by atoms with E-state index in [0.717, 1.165) is 5.56 Å². The lowest BCUT2D eigenvalue weighted by Crippen LogP contribution is -2.49. The highest BCUT2D eigenvalue weighted by atomic mass is 35.5. The van der Waals surface area contributed by atoms with Crippen LogP contribution in [0.25, 0.3) is 0 Å². The molecular formula is C13H19ClN2O2. The molecule has 4 nitrogen and oxygen atoms in total. The average molecular weight is 271 g/mol. The predicted octanol–water partition coefficient (Wildman–Crippen LogP) is 0.837. The van der Waals surface area contributed by atoms with Gasteiger partial charge < -0.3 is 15.4 Å². The second kappa shape index (κ2) is 7.36. The summed E-state index contributed by atoms with van der Waals surface area (Å²) >= 11 is 0. The van der Waals surface area contributed by atoms with Crippen LogP contribution >= 0.6 is 12.4 Å². The summed E-state index contributed by atoms with van der Waals surface area (Å²) < 4.78 is 5.21. The van der Waals surface area contributed by atoms with Gasteiger partial charge in [0, 0.05) is 13.1 Å². The highest BCUT2D eigenvalue weighted by Crippen LogP contribution is 2.06. The minimum Gasteiger partial charge on any atom is -0.378 e. The number of hydrogen-bond acceptors (Lipinski definition) is 3. The molecule has 1 amide bonds. The molecule has 2 rings (SSSR count). The predicted molar refractivity (Wildman–Crippen MR) is 72.8 cm³/mol. The van der Waals surface area contributed by atoms with Gasteiger partial charge in [0.25, 0.3) is 0 Å². The van der Waals surface area contributed by atoms with Crippen LogP contribution in [0.3, 0.4) is 0 Å². The van der Waals surface area contributed by atoms with Crippen LogP contribution in [0.5, 0.6) is 0 Å². The Morgan fingerprint density at radius 3 is 2.50 bits per heavy atom. The lowest BCUT2D eigenvalue weighted by molar-refractivity contribution is -0.136. The maximum absolute atomic E-state index is 12.0. The molecule has 1 saturated heterocycles. The molecule has 1 heterocycles. The van der Waals surface area contributed by atoms with Crippen molar-refractivity contribution >= 4 is 18.3 Å². The van der Waals surface area contributed by atoms with Gasteiger partial charge in [0.1, 0.15) is 0 Å². The minimum atomic E-state index is -0.449. The van der Waals surface area contributed by atoms with Gasteiger partial charge in [-0.25, -0.2) is 0 Å². The molecule has 5 heteroatoms. The zero-order chi connectivity index (χ0) is 12.1. The van der Waals surface area contributed by atoms with Crippen molar-refractivity contribution in [2.45, 2.75) is 12.5 Å². The van der Waals surface area contributed by atoms with E-state index in [1.807, 2.05) is 30.3 Å². The second-order valence-electron chi connectivity index (χ2n) is 4.23. The van der Waals surface area contributed by atoms with E-state index in [1.165, 1.54) is 0 Å². The van der Waals surface area contributed by atoms with E-state index < -0.39 is 6.04 Å². The molecule has 0 radical (unpaired) electrons. The molecule has 0 saturated carbocycles. The molecule has 0 aromatic heterocycles. The monoisotopic (exact) mass is 270 g/mol. The lowest BCUT2D eigenvalue weighted by atomic mass is 10.1. The average Bonchev–Trinajstić information content (AvgIpc) is 2.40. The fourth-order valence-electron chi connectivity index (χ4n) is 1.97. The number of amides is 1. The molecular weight excluding hydrogens is 252 g/mol. The smallest absolute Gasteiger partial charge is 0.239 e. The Balaban J connectivity index is 0.00000162. The molecule has 1 aromatic rings. The van der Waals surface area contributed by atoms with Crippen molar-refractivity contribution in [3.8, 4) is 0 Å². The quantitative estimate of drug-likeness (QED) is 0.885. The molecule has 1 aliphatic rings. The largest absolute Gasteiger partial charge is 0.378 e. The fraction of sp³-hybridized carbons (Fsp3) is 0.462. The third-order valence-electron chi connectivity index (χ3n) is 2.94. The molecule has 1 aliphatic heterocycles. The summed E-state index contributed by atoms with van der Waals surface area (Å²) in [6.45, 7) is 2.54. The molecule has 0 aliphatic carbocycles. The number of hydrogen-bond donors (Lipinski definition) is 1. The number of carbonyl (C=O) groups is 1. The molecule has 0 bridgehead atoms. The lowest BCUT2D eigenvalue weighted by Gasteiger charge is -2.29. The molecule has 0 unspecified atom stereocenters. The molecule has 1 atom stereocenters. The zero-order valence-corrected chi connectivity index (χ0v) is 11.1. The van der Waals surface area contributed by atoms with E-state index in [2.05, 4.69) is 0 Å². The summed E-state index contributed by atoms with van der Waals surface area (Å²) in [5.41, 5.74) is 7.05. The molecule has 1 fully saturated rings. The first-order valence-electron chi connectivity index (χ1n) is 5.93. The van der Waals surface area contributed by atoms with Gasteiger partial charge >= 0.3 is 0 Å². The highest BCUT2D eigenvalue weighted by molar-refractivity contribution is 5.85. The van der Waals surface area contributed by atoms with Gasteiger partial charge in [-0.3, -0.25) is 4.79 Å². The normalized spacial score (nSPS) is 16.8. The first kappa shape index (κ1) is 15.0. The number of halogens is 1. The Kier molecular flexibility index (Phi) is 6.12. The standard InChI is InChI=1S/C13H18N2O2.ClH/c14-12(10-11-4-2-1-3-5-11)13(16)15-6-8-17-9-7-15;/h1-5,12H,6-10,14H2;1H/t12-;/m0./s1. The summed E-state index contributed by atoms with van der Waals surface area (Å²) in [7, 11) is 0. The van der Waals surface area contributed by atoms with Gasteiger partial charge in [-0.2, -0.15) is 0 Å². The summed E-state index contributed by atoms with van der Waals surface area (Å²) in [6, 6.07) is 9.41. The Morgan fingerprint density at radius 1 is 1.28 bits per heavy atom. The Hall–Kier alpha value is -1.10. The van der Waals surface area contributed by atoms with E-state index in [9.17, 15) is 4.79 Å². The van der Waals surface area contributed by atoms with Gasteiger partial charge in [0.05, 0.1) is 19.3 Å². The van der Waals surface area contributed by atoms with Crippen LogP contribution < -0.4 is 5.73 Å².